The zero-order valence-corrected chi connectivity index (χ0v) is 17.0. The molecule has 1 aliphatic carbocycles. The van der Waals surface area contributed by atoms with Crippen molar-refractivity contribution in [1.82, 2.24) is 10.0 Å². The highest BCUT2D eigenvalue weighted by molar-refractivity contribution is 7.88. The van der Waals surface area contributed by atoms with Crippen molar-refractivity contribution in [3.63, 3.8) is 0 Å². The molecule has 0 spiro atoms. The normalized spacial score (nSPS) is 18.3. The van der Waals surface area contributed by atoms with Crippen LogP contribution in [0, 0.1) is 5.92 Å². The Morgan fingerprint density at radius 1 is 1.15 bits per heavy atom. The summed E-state index contributed by atoms with van der Waals surface area (Å²) in [5.74, 6) is 0.666. The molecule has 0 bridgehead atoms. The fourth-order valence-corrected chi connectivity index (χ4v) is 4.94. The molecule has 1 aromatic rings. The van der Waals surface area contributed by atoms with Crippen LogP contribution in [0.3, 0.4) is 0 Å². The number of aliphatic hydroxyl groups is 2. The van der Waals surface area contributed by atoms with E-state index in [4.69, 9.17) is 5.11 Å². The van der Waals surface area contributed by atoms with E-state index in [0.717, 1.165) is 17.0 Å². The molecule has 2 atom stereocenters. The van der Waals surface area contributed by atoms with E-state index in [9.17, 15) is 13.5 Å². The molecule has 6 nitrogen and oxygen atoms in total. The molecule has 0 aliphatic heterocycles. The predicted octanol–water partition coefficient (Wildman–Crippen LogP) is 1.91. The van der Waals surface area contributed by atoms with E-state index in [-0.39, 0.29) is 12.3 Å². The molecule has 0 amide bonds. The first kappa shape index (κ1) is 22.3. The third-order valence-corrected chi connectivity index (χ3v) is 6.56. The van der Waals surface area contributed by atoms with Crippen LogP contribution in [0.25, 0.3) is 0 Å². The van der Waals surface area contributed by atoms with E-state index < -0.39 is 22.7 Å². The number of nitrogens with one attached hydrogen (secondary N) is 2. The minimum atomic E-state index is -3.57. The topological polar surface area (TPSA) is 98.7 Å². The Morgan fingerprint density at radius 2 is 1.81 bits per heavy atom. The minimum absolute atomic E-state index is 0.139. The molecular weight excluding hydrogens is 364 g/mol. The monoisotopic (exact) mass is 398 g/mol. The van der Waals surface area contributed by atoms with Gasteiger partial charge in [0.25, 0.3) is 0 Å². The van der Waals surface area contributed by atoms with Gasteiger partial charge in [0.15, 0.2) is 0 Å². The van der Waals surface area contributed by atoms with Gasteiger partial charge in [-0.15, -0.1) is 0 Å². The fraction of sp³-hybridized carbons (Fsp3) is 0.700. The molecule has 2 rings (SSSR count). The number of aliphatic hydroxyl groups excluding tert-OH is 2. The average molecular weight is 399 g/mol. The van der Waals surface area contributed by atoms with Crippen molar-refractivity contribution in [1.29, 1.82) is 0 Å². The van der Waals surface area contributed by atoms with Crippen LogP contribution in [0.2, 0.25) is 0 Å². The third kappa shape index (κ3) is 8.27. The van der Waals surface area contributed by atoms with E-state index in [1.54, 1.807) is 0 Å². The van der Waals surface area contributed by atoms with Crippen molar-refractivity contribution in [2.45, 2.75) is 69.9 Å². The summed E-state index contributed by atoms with van der Waals surface area (Å²) in [6.07, 6.45) is 6.78. The van der Waals surface area contributed by atoms with Crippen LogP contribution in [-0.4, -0.2) is 43.9 Å². The number of hydrogen-bond acceptors (Lipinski definition) is 5. The molecule has 1 aliphatic rings. The first-order valence-electron chi connectivity index (χ1n) is 9.96. The first-order chi connectivity index (χ1) is 12.9. The highest BCUT2D eigenvalue weighted by Gasteiger charge is 2.18. The highest BCUT2D eigenvalue weighted by atomic mass is 32.2. The van der Waals surface area contributed by atoms with Crippen molar-refractivity contribution in [2.75, 3.05) is 13.2 Å². The first-order valence-corrected chi connectivity index (χ1v) is 11.6. The van der Waals surface area contributed by atoms with Gasteiger partial charge in [-0.05, 0) is 30.4 Å². The van der Waals surface area contributed by atoms with Crippen molar-refractivity contribution in [3.8, 4) is 0 Å². The molecule has 0 aromatic heterocycles. The van der Waals surface area contributed by atoms with Crippen LogP contribution < -0.4 is 10.0 Å². The van der Waals surface area contributed by atoms with E-state index in [0.29, 0.717) is 12.6 Å². The van der Waals surface area contributed by atoms with Crippen LogP contribution >= 0.6 is 0 Å². The Bertz CT molecular complexity index is 660. The van der Waals surface area contributed by atoms with Gasteiger partial charge >= 0.3 is 0 Å². The summed E-state index contributed by atoms with van der Waals surface area (Å²) < 4.78 is 26.8. The number of sulfonamides is 1. The van der Waals surface area contributed by atoms with Gasteiger partial charge in [0, 0.05) is 19.1 Å². The summed E-state index contributed by atoms with van der Waals surface area (Å²) in [6.45, 7) is 2.18. The standard InChI is InChI=1S/C20H34N2O4S/c1-16(11-17-7-3-2-4-8-17)21-12-18-9-5-6-10-19(18)15-27(25,26)22-13-20(24)14-23/h5-6,9-10,16-17,20-24H,2-4,7-8,11-15H2,1H3. The molecule has 1 aromatic carbocycles. The lowest BCUT2D eigenvalue weighted by molar-refractivity contribution is 0.0988. The third-order valence-electron chi connectivity index (χ3n) is 5.27. The Kier molecular flexibility index (Phi) is 9.18. The van der Waals surface area contributed by atoms with Crippen molar-refractivity contribution >= 4 is 10.0 Å². The maximum Gasteiger partial charge on any atom is 0.215 e. The molecule has 0 heterocycles. The second-order valence-corrected chi connectivity index (χ2v) is 9.54. The Hall–Kier alpha value is -0.990. The minimum Gasteiger partial charge on any atom is -0.394 e. The highest BCUT2D eigenvalue weighted by Crippen LogP contribution is 2.27. The molecule has 7 heteroatoms. The second kappa shape index (κ2) is 11.1. The molecule has 27 heavy (non-hydrogen) atoms. The van der Waals surface area contributed by atoms with Crippen LogP contribution in [0.4, 0.5) is 0 Å². The zero-order chi connectivity index (χ0) is 19.7. The fourth-order valence-electron chi connectivity index (χ4n) is 3.70. The van der Waals surface area contributed by atoms with Gasteiger partial charge in [-0.1, -0.05) is 56.4 Å². The van der Waals surface area contributed by atoms with Crippen LogP contribution in [0.5, 0.6) is 0 Å². The number of hydrogen-bond donors (Lipinski definition) is 4. The van der Waals surface area contributed by atoms with Gasteiger partial charge in [-0.25, -0.2) is 13.1 Å². The van der Waals surface area contributed by atoms with E-state index in [1.807, 2.05) is 24.3 Å². The van der Waals surface area contributed by atoms with Crippen LogP contribution in [-0.2, 0) is 22.3 Å². The Morgan fingerprint density at radius 3 is 2.48 bits per heavy atom. The van der Waals surface area contributed by atoms with Crippen LogP contribution in [0.1, 0.15) is 56.6 Å². The second-order valence-electron chi connectivity index (χ2n) is 7.73. The van der Waals surface area contributed by atoms with Crippen LogP contribution in [0.15, 0.2) is 24.3 Å². The summed E-state index contributed by atoms with van der Waals surface area (Å²) in [7, 11) is -3.57. The lowest BCUT2D eigenvalue weighted by Gasteiger charge is -2.25. The molecule has 154 valence electrons. The summed E-state index contributed by atoms with van der Waals surface area (Å²) >= 11 is 0. The largest absolute Gasteiger partial charge is 0.394 e. The number of benzene rings is 1. The van der Waals surface area contributed by atoms with E-state index in [2.05, 4.69) is 17.0 Å². The summed E-state index contributed by atoms with van der Waals surface area (Å²) in [6, 6.07) is 7.93. The SMILES string of the molecule is CC(CC1CCCCC1)NCc1ccccc1CS(=O)(=O)NCC(O)CO. The molecule has 0 radical (unpaired) electrons. The summed E-state index contributed by atoms with van der Waals surface area (Å²) in [4.78, 5) is 0. The van der Waals surface area contributed by atoms with Gasteiger partial charge < -0.3 is 15.5 Å². The summed E-state index contributed by atoms with van der Waals surface area (Å²) in [5.41, 5.74) is 1.72. The molecule has 4 N–H and O–H groups in total. The van der Waals surface area contributed by atoms with Crippen molar-refractivity contribution in [3.05, 3.63) is 35.4 Å². The smallest absolute Gasteiger partial charge is 0.215 e. The lowest BCUT2D eigenvalue weighted by Crippen LogP contribution is -2.35. The molecular formula is C20H34N2O4S. The van der Waals surface area contributed by atoms with Gasteiger partial charge in [-0.2, -0.15) is 0 Å². The molecule has 2 unspecified atom stereocenters. The Balaban J connectivity index is 1.88. The van der Waals surface area contributed by atoms with Gasteiger partial charge in [0.2, 0.25) is 10.0 Å². The Labute approximate surface area is 163 Å². The lowest BCUT2D eigenvalue weighted by atomic mass is 9.85. The van der Waals surface area contributed by atoms with Crippen molar-refractivity contribution in [2.24, 2.45) is 5.92 Å². The predicted molar refractivity (Wildman–Crippen MR) is 108 cm³/mol. The number of rotatable bonds is 11. The van der Waals surface area contributed by atoms with Gasteiger partial charge in [0.1, 0.15) is 0 Å². The summed E-state index contributed by atoms with van der Waals surface area (Å²) in [5, 5.41) is 21.7. The molecule has 1 fully saturated rings. The van der Waals surface area contributed by atoms with Gasteiger partial charge in [-0.3, -0.25) is 0 Å². The van der Waals surface area contributed by atoms with Gasteiger partial charge in [0.05, 0.1) is 18.5 Å². The van der Waals surface area contributed by atoms with E-state index >= 15 is 0 Å². The molecule has 1 saturated carbocycles. The zero-order valence-electron chi connectivity index (χ0n) is 16.2. The van der Waals surface area contributed by atoms with E-state index in [1.165, 1.54) is 38.5 Å². The maximum atomic E-state index is 12.2. The quantitative estimate of drug-likeness (QED) is 0.456. The maximum absolute atomic E-state index is 12.2. The average Bonchev–Trinajstić information content (AvgIpc) is 2.66. The van der Waals surface area contributed by atoms with Crippen molar-refractivity contribution < 1.29 is 18.6 Å². The molecule has 0 saturated heterocycles.